The third-order valence-electron chi connectivity index (χ3n) is 3.11. The van der Waals surface area contributed by atoms with Crippen molar-refractivity contribution in [2.24, 2.45) is 5.10 Å². The first kappa shape index (κ1) is 17.5. The van der Waals surface area contributed by atoms with Crippen molar-refractivity contribution in [1.29, 1.82) is 0 Å². The molecule has 6 nitrogen and oxygen atoms in total. The Morgan fingerprint density at radius 3 is 2.62 bits per heavy atom. The number of aromatic hydroxyl groups is 1. The molecule has 3 N–H and O–H groups in total. The van der Waals surface area contributed by atoms with Gasteiger partial charge in [-0.05, 0) is 30.2 Å². The molecule has 0 atom stereocenters. The van der Waals surface area contributed by atoms with E-state index >= 15 is 0 Å². The zero-order valence-electron chi connectivity index (χ0n) is 12.7. The molecular weight excluding hydrogens is 330 g/mol. The molecule has 0 saturated carbocycles. The van der Waals surface area contributed by atoms with Crippen LogP contribution in [0, 0.1) is 0 Å². The Morgan fingerprint density at radius 2 is 1.88 bits per heavy atom. The lowest BCUT2D eigenvalue weighted by Gasteiger charge is -2.04. The third-order valence-corrected chi connectivity index (χ3v) is 3.34. The van der Waals surface area contributed by atoms with Gasteiger partial charge in [-0.3, -0.25) is 9.59 Å². The van der Waals surface area contributed by atoms with Crippen LogP contribution in [0.4, 0.5) is 0 Å². The van der Waals surface area contributed by atoms with Gasteiger partial charge in [-0.25, -0.2) is 5.43 Å². The summed E-state index contributed by atoms with van der Waals surface area (Å²) in [6, 6.07) is 14.0. The lowest BCUT2D eigenvalue weighted by molar-refractivity contribution is -0.139. The number of hydrogen-bond donors (Lipinski definition) is 3. The summed E-state index contributed by atoms with van der Waals surface area (Å²) in [5.74, 6) is -1.70. The van der Waals surface area contributed by atoms with Gasteiger partial charge in [-0.2, -0.15) is 5.10 Å². The Hall–Kier alpha value is -2.86. The fourth-order valence-corrected chi connectivity index (χ4v) is 2.07. The fourth-order valence-electron chi connectivity index (χ4n) is 1.89. The van der Waals surface area contributed by atoms with Crippen molar-refractivity contribution in [1.82, 2.24) is 10.7 Å². The predicted molar refractivity (Wildman–Crippen MR) is 92.0 cm³/mol. The molecule has 0 unspecified atom stereocenters. The molecule has 0 heterocycles. The molecule has 0 aliphatic heterocycles. The SMILES string of the molecule is O=C(NCCc1ccccc1)C(=O)N/N=C\c1cc(Cl)ccc1O. The number of carbonyl (C=O) groups is 2. The number of carbonyl (C=O) groups excluding carboxylic acids is 2. The van der Waals surface area contributed by atoms with Crippen LogP contribution in [0.15, 0.2) is 53.6 Å². The molecule has 2 rings (SSSR count). The second-order valence-electron chi connectivity index (χ2n) is 4.89. The number of amides is 2. The van der Waals surface area contributed by atoms with Crippen LogP contribution in [0.5, 0.6) is 5.75 Å². The maximum absolute atomic E-state index is 11.6. The van der Waals surface area contributed by atoms with Crippen molar-refractivity contribution in [3.63, 3.8) is 0 Å². The monoisotopic (exact) mass is 345 g/mol. The molecule has 2 aromatic rings. The van der Waals surface area contributed by atoms with Crippen LogP contribution in [-0.4, -0.2) is 29.7 Å². The Labute approximate surface area is 144 Å². The minimum atomic E-state index is -0.888. The second-order valence-corrected chi connectivity index (χ2v) is 5.33. The fraction of sp³-hybridized carbons (Fsp3) is 0.118. The molecule has 0 aliphatic rings. The zero-order valence-corrected chi connectivity index (χ0v) is 13.5. The molecule has 0 aromatic heterocycles. The van der Waals surface area contributed by atoms with Gasteiger partial charge in [0.05, 0.1) is 6.21 Å². The van der Waals surface area contributed by atoms with E-state index in [0.717, 1.165) is 5.56 Å². The van der Waals surface area contributed by atoms with Crippen LogP contribution < -0.4 is 10.7 Å². The van der Waals surface area contributed by atoms with Crippen molar-refractivity contribution in [3.8, 4) is 5.75 Å². The normalized spacial score (nSPS) is 10.5. The Bertz CT molecular complexity index is 748. The maximum Gasteiger partial charge on any atom is 0.329 e. The highest BCUT2D eigenvalue weighted by molar-refractivity contribution is 6.35. The summed E-state index contributed by atoms with van der Waals surface area (Å²) >= 11 is 5.79. The second kappa shape index (κ2) is 8.69. The van der Waals surface area contributed by atoms with Crippen LogP contribution in [0.1, 0.15) is 11.1 Å². The Kier molecular flexibility index (Phi) is 6.33. The van der Waals surface area contributed by atoms with Crippen molar-refractivity contribution in [2.45, 2.75) is 6.42 Å². The van der Waals surface area contributed by atoms with Gasteiger partial charge in [0, 0.05) is 17.1 Å². The minimum Gasteiger partial charge on any atom is -0.507 e. The summed E-state index contributed by atoms with van der Waals surface area (Å²) in [5.41, 5.74) is 3.48. The Balaban J connectivity index is 1.78. The van der Waals surface area contributed by atoms with E-state index in [1.165, 1.54) is 24.4 Å². The summed E-state index contributed by atoms with van der Waals surface area (Å²) < 4.78 is 0. The van der Waals surface area contributed by atoms with Crippen molar-refractivity contribution in [3.05, 3.63) is 64.7 Å². The van der Waals surface area contributed by atoms with Crippen LogP contribution in [0.3, 0.4) is 0 Å². The number of benzene rings is 2. The predicted octanol–water partition coefficient (Wildman–Crippen LogP) is 1.85. The highest BCUT2D eigenvalue weighted by atomic mass is 35.5. The summed E-state index contributed by atoms with van der Waals surface area (Å²) in [6.07, 6.45) is 1.83. The molecule has 0 aliphatic carbocycles. The summed E-state index contributed by atoms with van der Waals surface area (Å²) in [5, 5.41) is 16.1. The van der Waals surface area contributed by atoms with E-state index in [0.29, 0.717) is 23.6 Å². The summed E-state index contributed by atoms with van der Waals surface area (Å²) in [6.45, 7) is 0.342. The molecule has 2 aromatic carbocycles. The van der Waals surface area contributed by atoms with E-state index < -0.39 is 11.8 Å². The van der Waals surface area contributed by atoms with Gasteiger partial charge >= 0.3 is 11.8 Å². The topological polar surface area (TPSA) is 90.8 Å². The number of halogens is 1. The van der Waals surface area contributed by atoms with Gasteiger partial charge in [-0.1, -0.05) is 41.9 Å². The van der Waals surface area contributed by atoms with E-state index in [1.807, 2.05) is 30.3 Å². The first-order chi connectivity index (χ1) is 11.6. The molecule has 0 saturated heterocycles. The van der Waals surface area contributed by atoms with Crippen LogP contribution >= 0.6 is 11.6 Å². The Morgan fingerprint density at radius 1 is 1.12 bits per heavy atom. The van der Waals surface area contributed by atoms with Gasteiger partial charge in [0.25, 0.3) is 0 Å². The van der Waals surface area contributed by atoms with Crippen LogP contribution in [0.2, 0.25) is 5.02 Å². The molecule has 24 heavy (non-hydrogen) atoms. The van der Waals surface area contributed by atoms with Crippen molar-refractivity contribution < 1.29 is 14.7 Å². The molecule has 2 amide bonds. The first-order valence-electron chi connectivity index (χ1n) is 7.20. The average molecular weight is 346 g/mol. The molecular formula is C17H16ClN3O3. The smallest absolute Gasteiger partial charge is 0.329 e. The molecule has 7 heteroatoms. The van der Waals surface area contributed by atoms with E-state index in [-0.39, 0.29) is 5.75 Å². The lowest BCUT2D eigenvalue weighted by atomic mass is 10.1. The highest BCUT2D eigenvalue weighted by Crippen LogP contribution is 2.19. The van der Waals surface area contributed by atoms with Crippen LogP contribution in [0.25, 0.3) is 0 Å². The van der Waals surface area contributed by atoms with Gasteiger partial charge in [-0.15, -0.1) is 0 Å². The van der Waals surface area contributed by atoms with E-state index in [2.05, 4.69) is 15.8 Å². The van der Waals surface area contributed by atoms with Gasteiger partial charge in [0.15, 0.2) is 0 Å². The van der Waals surface area contributed by atoms with E-state index in [9.17, 15) is 14.7 Å². The van der Waals surface area contributed by atoms with Crippen molar-refractivity contribution in [2.75, 3.05) is 6.54 Å². The highest BCUT2D eigenvalue weighted by Gasteiger charge is 2.11. The third kappa shape index (κ3) is 5.40. The number of hydrazone groups is 1. The number of phenolic OH excluding ortho intramolecular Hbond substituents is 1. The molecule has 0 radical (unpaired) electrons. The van der Waals surface area contributed by atoms with Gasteiger partial charge in [0.1, 0.15) is 5.75 Å². The standard InChI is InChI=1S/C17H16ClN3O3/c18-14-6-7-15(22)13(10-14)11-20-21-17(24)16(23)19-9-8-12-4-2-1-3-5-12/h1-7,10-11,22H,8-9H2,(H,19,23)(H,21,24)/b20-11-. The average Bonchev–Trinajstić information content (AvgIpc) is 2.58. The molecule has 124 valence electrons. The summed E-state index contributed by atoms with van der Waals surface area (Å²) in [4.78, 5) is 23.2. The van der Waals surface area contributed by atoms with Crippen LogP contribution in [-0.2, 0) is 16.0 Å². The summed E-state index contributed by atoms with van der Waals surface area (Å²) in [7, 11) is 0. The van der Waals surface area contributed by atoms with Crippen molar-refractivity contribution >= 4 is 29.6 Å². The zero-order chi connectivity index (χ0) is 17.4. The number of hydrogen-bond acceptors (Lipinski definition) is 4. The van der Waals surface area contributed by atoms with Gasteiger partial charge < -0.3 is 10.4 Å². The number of phenols is 1. The molecule has 0 fully saturated rings. The number of nitrogens with zero attached hydrogens (tertiary/aromatic N) is 1. The number of rotatable bonds is 5. The van der Waals surface area contributed by atoms with E-state index in [4.69, 9.17) is 11.6 Å². The number of nitrogens with one attached hydrogen (secondary N) is 2. The first-order valence-corrected chi connectivity index (χ1v) is 7.58. The van der Waals surface area contributed by atoms with Gasteiger partial charge in [0.2, 0.25) is 0 Å². The largest absolute Gasteiger partial charge is 0.507 e. The quantitative estimate of drug-likeness (QED) is 0.439. The maximum atomic E-state index is 11.6. The van der Waals surface area contributed by atoms with E-state index in [1.54, 1.807) is 0 Å². The molecule has 0 spiro atoms. The molecule has 0 bridgehead atoms. The lowest BCUT2D eigenvalue weighted by Crippen LogP contribution is -2.38. The minimum absolute atomic E-state index is 0.0373.